The zero-order chi connectivity index (χ0) is 13.2. The molecular formula is C14H17O4-. The number of rotatable bonds is 6. The van der Waals surface area contributed by atoms with Gasteiger partial charge in [-0.1, -0.05) is 26.0 Å². The zero-order valence-electron chi connectivity index (χ0n) is 10.6. The molecule has 0 amide bonds. The lowest BCUT2D eigenvalue weighted by atomic mass is 9.86. The molecule has 1 unspecified atom stereocenters. The standard InChI is InChI=1S/C14H18O4/c1-14(2,13(15)16)7-10-3-5-11(6-4-10)17-8-12-9-18-12/h3-6,12H,7-9H2,1-2H3,(H,15,16)/p-1. The number of carbonyl (C=O) groups excluding carboxylic acids is 1. The maximum atomic E-state index is 10.9. The van der Waals surface area contributed by atoms with Crippen molar-refractivity contribution < 1.29 is 19.4 Å². The van der Waals surface area contributed by atoms with Crippen LogP contribution in [-0.4, -0.2) is 25.3 Å². The quantitative estimate of drug-likeness (QED) is 0.699. The summed E-state index contributed by atoms with van der Waals surface area (Å²) in [7, 11) is 0. The van der Waals surface area contributed by atoms with Crippen molar-refractivity contribution in [2.45, 2.75) is 26.4 Å². The molecule has 0 radical (unpaired) electrons. The highest BCUT2D eigenvalue weighted by atomic mass is 16.6. The molecule has 1 aliphatic heterocycles. The average Bonchev–Trinajstić information content (AvgIpc) is 3.11. The van der Waals surface area contributed by atoms with Crippen LogP contribution in [0.4, 0.5) is 0 Å². The second kappa shape index (κ2) is 4.98. The van der Waals surface area contributed by atoms with Gasteiger partial charge in [0.2, 0.25) is 0 Å². The van der Waals surface area contributed by atoms with Gasteiger partial charge in [0.25, 0.3) is 0 Å². The van der Waals surface area contributed by atoms with E-state index in [1.165, 1.54) is 0 Å². The van der Waals surface area contributed by atoms with Crippen molar-refractivity contribution in [2.75, 3.05) is 13.2 Å². The number of hydrogen-bond acceptors (Lipinski definition) is 4. The summed E-state index contributed by atoms with van der Waals surface area (Å²) in [5, 5.41) is 10.9. The molecule has 0 aromatic heterocycles. The van der Waals surface area contributed by atoms with Crippen molar-refractivity contribution in [1.82, 2.24) is 0 Å². The lowest BCUT2D eigenvalue weighted by Gasteiger charge is -2.25. The number of benzene rings is 1. The lowest BCUT2D eigenvalue weighted by Crippen LogP contribution is -2.39. The molecule has 1 fully saturated rings. The number of carboxylic acids is 1. The first-order chi connectivity index (χ1) is 8.47. The molecule has 1 aromatic rings. The molecule has 2 rings (SSSR count). The Balaban J connectivity index is 1.92. The first-order valence-corrected chi connectivity index (χ1v) is 6.02. The topological polar surface area (TPSA) is 61.9 Å². The van der Waals surface area contributed by atoms with E-state index in [1.54, 1.807) is 13.8 Å². The van der Waals surface area contributed by atoms with Gasteiger partial charge in [0.1, 0.15) is 18.5 Å². The Morgan fingerprint density at radius 2 is 2.06 bits per heavy atom. The van der Waals surface area contributed by atoms with Crippen molar-refractivity contribution in [1.29, 1.82) is 0 Å². The van der Waals surface area contributed by atoms with E-state index in [0.29, 0.717) is 13.0 Å². The predicted octanol–water partition coefficient (Wildman–Crippen LogP) is 0.783. The fraction of sp³-hybridized carbons (Fsp3) is 0.500. The summed E-state index contributed by atoms with van der Waals surface area (Å²) in [6.45, 7) is 4.68. The highest BCUT2D eigenvalue weighted by Crippen LogP contribution is 2.23. The Bertz CT molecular complexity index is 418. The van der Waals surface area contributed by atoms with Gasteiger partial charge in [0.15, 0.2) is 0 Å². The Hall–Kier alpha value is -1.55. The summed E-state index contributed by atoms with van der Waals surface area (Å²) in [4.78, 5) is 10.9. The van der Waals surface area contributed by atoms with Gasteiger partial charge in [-0.2, -0.15) is 0 Å². The van der Waals surface area contributed by atoms with Gasteiger partial charge >= 0.3 is 0 Å². The maximum Gasteiger partial charge on any atom is 0.119 e. The third-order valence-electron chi connectivity index (χ3n) is 2.96. The largest absolute Gasteiger partial charge is 0.550 e. The van der Waals surface area contributed by atoms with Gasteiger partial charge in [-0.25, -0.2) is 0 Å². The predicted molar refractivity (Wildman–Crippen MR) is 64.2 cm³/mol. The van der Waals surface area contributed by atoms with E-state index in [4.69, 9.17) is 9.47 Å². The van der Waals surface area contributed by atoms with E-state index in [0.717, 1.165) is 17.9 Å². The van der Waals surface area contributed by atoms with Gasteiger partial charge in [0, 0.05) is 11.4 Å². The molecule has 1 aliphatic rings. The highest BCUT2D eigenvalue weighted by molar-refractivity contribution is 5.71. The lowest BCUT2D eigenvalue weighted by molar-refractivity contribution is -0.317. The van der Waals surface area contributed by atoms with Crippen LogP contribution >= 0.6 is 0 Å². The number of hydrogen-bond donors (Lipinski definition) is 0. The fourth-order valence-corrected chi connectivity index (χ4v) is 1.64. The van der Waals surface area contributed by atoms with Crippen molar-refractivity contribution in [3.63, 3.8) is 0 Å². The molecule has 1 atom stereocenters. The van der Waals surface area contributed by atoms with Gasteiger partial charge < -0.3 is 19.4 Å². The Labute approximate surface area is 107 Å². The highest BCUT2D eigenvalue weighted by Gasteiger charge is 2.23. The van der Waals surface area contributed by atoms with Crippen molar-refractivity contribution in [2.24, 2.45) is 5.41 Å². The van der Waals surface area contributed by atoms with Crippen molar-refractivity contribution in [3.05, 3.63) is 29.8 Å². The molecule has 0 bridgehead atoms. The summed E-state index contributed by atoms with van der Waals surface area (Å²) in [6.07, 6.45) is 0.683. The molecule has 18 heavy (non-hydrogen) atoms. The van der Waals surface area contributed by atoms with Crippen LogP contribution in [0.3, 0.4) is 0 Å². The van der Waals surface area contributed by atoms with Crippen LogP contribution in [0.5, 0.6) is 5.75 Å². The van der Waals surface area contributed by atoms with Crippen LogP contribution in [-0.2, 0) is 16.0 Å². The molecule has 1 saturated heterocycles. The monoisotopic (exact) mass is 249 g/mol. The van der Waals surface area contributed by atoms with Crippen LogP contribution in [0.15, 0.2) is 24.3 Å². The van der Waals surface area contributed by atoms with E-state index in [9.17, 15) is 9.90 Å². The van der Waals surface area contributed by atoms with E-state index in [1.807, 2.05) is 24.3 Å². The van der Waals surface area contributed by atoms with Crippen molar-refractivity contribution >= 4 is 5.97 Å². The molecule has 1 aromatic carbocycles. The number of aliphatic carboxylic acids is 1. The molecule has 1 heterocycles. The zero-order valence-corrected chi connectivity index (χ0v) is 10.6. The fourth-order valence-electron chi connectivity index (χ4n) is 1.64. The number of carboxylic acid groups (broad SMARTS) is 1. The Morgan fingerprint density at radius 3 is 2.56 bits per heavy atom. The summed E-state index contributed by atoms with van der Waals surface area (Å²) in [6, 6.07) is 7.47. The van der Waals surface area contributed by atoms with Crippen LogP contribution in [0.25, 0.3) is 0 Å². The Morgan fingerprint density at radius 1 is 1.44 bits per heavy atom. The second-order valence-electron chi connectivity index (χ2n) is 5.26. The average molecular weight is 249 g/mol. The third-order valence-corrected chi connectivity index (χ3v) is 2.96. The molecule has 0 N–H and O–H groups in total. The van der Waals surface area contributed by atoms with Gasteiger partial charge in [-0.05, 0) is 24.1 Å². The Kier molecular flexibility index (Phi) is 3.57. The van der Waals surface area contributed by atoms with E-state index in [-0.39, 0.29) is 6.10 Å². The normalized spacial score (nSPS) is 18.4. The first kappa shape index (κ1) is 12.9. The summed E-state index contributed by atoms with van der Waals surface area (Å²) >= 11 is 0. The second-order valence-corrected chi connectivity index (χ2v) is 5.26. The van der Waals surface area contributed by atoms with Gasteiger partial charge in [-0.15, -0.1) is 0 Å². The minimum absolute atomic E-state index is 0.238. The summed E-state index contributed by atoms with van der Waals surface area (Å²) in [5.41, 5.74) is 0.101. The van der Waals surface area contributed by atoms with Crippen molar-refractivity contribution in [3.8, 4) is 5.75 Å². The summed E-state index contributed by atoms with van der Waals surface area (Å²) in [5.74, 6) is -0.255. The number of ether oxygens (including phenoxy) is 2. The smallest absolute Gasteiger partial charge is 0.119 e. The molecular weight excluding hydrogens is 232 g/mol. The van der Waals surface area contributed by atoms with E-state index >= 15 is 0 Å². The van der Waals surface area contributed by atoms with Crippen LogP contribution in [0.2, 0.25) is 0 Å². The summed E-state index contributed by atoms with van der Waals surface area (Å²) < 4.78 is 10.6. The van der Waals surface area contributed by atoms with E-state index in [2.05, 4.69) is 0 Å². The maximum absolute atomic E-state index is 10.9. The van der Waals surface area contributed by atoms with Gasteiger partial charge in [-0.3, -0.25) is 0 Å². The molecule has 98 valence electrons. The third kappa shape index (κ3) is 3.47. The minimum atomic E-state index is -1.03. The molecule has 0 saturated carbocycles. The van der Waals surface area contributed by atoms with E-state index < -0.39 is 11.4 Å². The minimum Gasteiger partial charge on any atom is -0.550 e. The SMILES string of the molecule is CC(C)(Cc1ccc(OCC2CO2)cc1)C(=O)[O-]. The molecule has 0 spiro atoms. The molecule has 4 heteroatoms. The molecule has 4 nitrogen and oxygen atoms in total. The van der Waals surface area contributed by atoms with Crippen LogP contribution in [0.1, 0.15) is 19.4 Å². The van der Waals surface area contributed by atoms with Crippen LogP contribution < -0.4 is 9.84 Å². The molecule has 0 aliphatic carbocycles. The first-order valence-electron chi connectivity index (χ1n) is 6.02. The van der Waals surface area contributed by atoms with Crippen LogP contribution in [0, 0.1) is 5.41 Å². The number of epoxide rings is 1. The van der Waals surface area contributed by atoms with Gasteiger partial charge in [0.05, 0.1) is 6.61 Å². The number of carbonyl (C=O) groups is 1.